The van der Waals surface area contributed by atoms with Gasteiger partial charge in [0.15, 0.2) is 0 Å². The Balaban J connectivity index is 1.97. The first-order valence-corrected chi connectivity index (χ1v) is 7.42. The van der Waals surface area contributed by atoms with Gasteiger partial charge < -0.3 is 14.5 Å². The molecule has 0 amide bonds. The molecular weight excluding hydrogens is 262 g/mol. The number of para-hydroxylation sites is 1. The third-order valence-electron chi connectivity index (χ3n) is 3.28. The van der Waals surface area contributed by atoms with Gasteiger partial charge in [0.05, 0.1) is 6.26 Å². The third kappa shape index (κ3) is 4.50. The Kier molecular flexibility index (Phi) is 6.10. The summed E-state index contributed by atoms with van der Waals surface area (Å²) in [6.07, 6.45) is 5.53. The van der Waals surface area contributed by atoms with E-state index in [1.165, 1.54) is 0 Å². The van der Waals surface area contributed by atoms with Gasteiger partial charge in [-0.3, -0.25) is 0 Å². The maximum atomic E-state index is 5.91. The number of ether oxygens (including phenoxy) is 1. The monoisotopic (exact) mass is 285 g/mol. The average Bonchev–Trinajstić information content (AvgIpc) is 2.94. The van der Waals surface area contributed by atoms with Crippen LogP contribution in [-0.2, 0) is 19.6 Å². The van der Waals surface area contributed by atoms with E-state index in [0.29, 0.717) is 6.61 Å². The van der Waals surface area contributed by atoms with Crippen LogP contribution in [0, 0.1) is 0 Å². The first kappa shape index (κ1) is 15.4. The molecule has 0 unspecified atom stereocenters. The molecule has 1 aromatic heterocycles. The van der Waals surface area contributed by atoms with Gasteiger partial charge in [-0.1, -0.05) is 31.2 Å². The molecule has 1 heterocycles. The van der Waals surface area contributed by atoms with Gasteiger partial charge in [0.2, 0.25) is 0 Å². The molecule has 0 saturated heterocycles. The minimum absolute atomic E-state index is 0.449. The minimum Gasteiger partial charge on any atom is -0.485 e. The standard InChI is InChI=1S/C18H23NO2/c1-3-7-15-8-5-6-9-17(15)21-14-18-16(10-12-20-18)13-19-11-4-2/h3,5-6,8-10,12,19H,1,4,7,11,13-14H2,2H3. The number of furan rings is 1. The van der Waals surface area contributed by atoms with Crippen molar-refractivity contribution in [2.45, 2.75) is 32.9 Å². The zero-order chi connectivity index (χ0) is 14.9. The van der Waals surface area contributed by atoms with Crippen molar-refractivity contribution in [1.82, 2.24) is 5.32 Å². The van der Waals surface area contributed by atoms with Crippen molar-refractivity contribution in [2.24, 2.45) is 0 Å². The van der Waals surface area contributed by atoms with Gasteiger partial charge in [0, 0.05) is 12.1 Å². The van der Waals surface area contributed by atoms with Gasteiger partial charge in [0.25, 0.3) is 0 Å². The lowest BCUT2D eigenvalue weighted by Crippen LogP contribution is -2.14. The minimum atomic E-state index is 0.449. The number of hydrogen-bond acceptors (Lipinski definition) is 3. The van der Waals surface area contributed by atoms with Crippen molar-refractivity contribution in [3.05, 3.63) is 66.1 Å². The normalized spacial score (nSPS) is 10.5. The zero-order valence-corrected chi connectivity index (χ0v) is 12.6. The van der Waals surface area contributed by atoms with E-state index in [9.17, 15) is 0 Å². The van der Waals surface area contributed by atoms with Crippen LogP contribution in [0.15, 0.2) is 53.7 Å². The fourth-order valence-corrected chi connectivity index (χ4v) is 2.16. The van der Waals surface area contributed by atoms with Crippen molar-refractivity contribution in [3.8, 4) is 5.75 Å². The number of nitrogens with one attached hydrogen (secondary N) is 1. The molecule has 0 aliphatic carbocycles. The molecule has 0 saturated carbocycles. The van der Waals surface area contributed by atoms with Gasteiger partial charge in [-0.15, -0.1) is 6.58 Å². The maximum Gasteiger partial charge on any atom is 0.146 e. The highest BCUT2D eigenvalue weighted by Gasteiger charge is 2.08. The molecule has 2 aromatic rings. The Labute approximate surface area is 126 Å². The number of benzene rings is 1. The summed E-state index contributed by atoms with van der Waals surface area (Å²) in [5, 5.41) is 3.38. The lowest BCUT2D eigenvalue weighted by Gasteiger charge is -2.10. The van der Waals surface area contributed by atoms with E-state index < -0.39 is 0 Å². The summed E-state index contributed by atoms with van der Waals surface area (Å²) in [7, 11) is 0. The van der Waals surface area contributed by atoms with Crippen LogP contribution in [0.25, 0.3) is 0 Å². The first-order chi connectivity index (χ1) is 10.3. The SMILES string of the molecule is C=CCc1ccccc1OCc1occc1CNCCC. The molecule has 112 valence electrons. The average molecular weight is 285 g/mol. The second-order valence-corrected chi connectivity index (χ2v) is 4.93. The van der Waals surface area contributed by atoms with Gasteiger partial charge >= 0.3 is 0 Å². The Morgan fingerprint density at radius 1 is 1.24 bits per heavy atom. The van der Waals surface area contributed by atoms with Crippen LogP contribution >= 0.6 is 0 Å². The van der Waals surface area contributed by atoms with Crippen LogP contribution in [0.3, 0.4) is 0 Å². The molecule has 21 heavy (non-hydrogen) atoms. The van der Waals surface area contributed by atoms with E-state index >= 15 is 0 Å². The molecule has 0 fully saturated rings. The molecule has 0 radical (unpaired) electrons. The van der Waals surface area contributed by atoms with Gasteiger partial charge in [0.1, 0.15) is 18.1 Å². The van der Waals surface area contributed by atoms with Crippen LogP contribution in [0.5, 0.6) is 5.75 Å². The van der Waals surface area contributed by atoms with E-state index in [4.69, 9.17) is 9.15 Å². The van der Waals surface area contributed by atoms with E-state index in [2.05, 4.69) is 24.9 Å². The van der Waals surface area contributed by atoms with Crippen molar-refractivity contribution in [2.75, 3.05) is 6.54 Å². The molecule has 3 heteroatoms. The van der Waals surface area contributed by atoms with E-state index in [1.54, 1.807) is 6.26 Å². The fourth-order valence-electron chi connectivity index (χ4n) is 2.16. The van der Waals surface area contributed by atoms with Gasteiger partial charge in [-0.2, -0.15) is 0 Å². The van der Waals surface area contributed by atoms with E-state index in [-0.39, 0.29) is 0 Å². The van der Waals surface area contributed by atoms with Crippen molar-refractivity contribution in [1.29, 1.82) is 0 Å². The smallest absolute Gasteiger partial charge is 0.146 e. The Bertz CT molecular complexity index is 560. The highest BCUT2D eigenvalue weighted by molar-refractivity contribution is 5.34. The third-order valence-corrected chi connectivity index (χ3v) is 3.28. The largest absolute Gasteiger partial charge is 0.485 e. The van der Waals surface area contributed by atoms with Crippen LogP contribution in [0.4, 0.5) is 0 Å². The molecule has 0 aliphatic rings. The van der Waals surface area contributed by atoms with Crippen LogP contribution in [0.1, 0.15) is 30.2 Å². The quantitative estimate of drug-likeness (QED) is 0.556. The lowest BCUT2D eigenvalue weighted by atomic mass is 10.1. The number of rotatable bonds is 9. The number of hydrogen-bond donors (Lipinski definition) is 1. The molecule has 1 aromatic carbocycles. The first-order valence-electron chi connectivity index (χ1n) is 7.42. The van der Waals surface area contributed by atoms with Gasteiger partial charge in [-0.25, -0.2) is 0 Å². The van der Waals surface area contributed by atoms with Gasteiger partial charge in [-0.05, 0) is 37.1 Å². The molecule has 1 N–H and O–H groups in total. The summed E-state index contributed by atoms with van der Waals surface area (Å²) in [6.45, 7) is 8.21. The molecule has 0 aliphatic heterocycles. The fraction of sp³-hybridized carbons (Fsp3) is 0.333. The second kappa shape index (κ2) is 8.32. The highest BCUT2D eigenvalue weighted by atomic mass is 16.5. The Morgan fingerprint density at radius 3 is 2.90 bits per heavy atom. The van der Waals surface area contributed by atoms with E-state index in [0.717, 1.165) is 48.6 Å². The topological polar surface area (TPSA) is 34.4 Å². The van der Waals surface area contributed by atoms with Crippen LogP contribution in [0.2, 0.25) is 0 Å². The molecule has 2 rings (SSSR count). The summed E-state index contributed by atoms with van der Waals surface area (Å²) >= 11 is 0. The molecule has 0 atom stereocenters. The summed E-state index contributed by atoms with van der Waals surface area (Å²) < 4.78 is 11.4. The Hall–Kier alpha value is -2.00. The van der Waals surface area contributed by atoms with Crippen molar-refractivity contribution in [3.63, 3.8) is 0 Å². The van der Waals surface area contributed by atoms with Crippen LogP contribution in [-0.4, -0.2) is 6.54 Å². The molecule has 0 spiro atoms. The van der Waals surface area contributed by atoms with Crippen molar-refractivity contribution >= 4 is 0 Å². The maximum absolute atomic E-state index is 5.91. The predicted molar refractivity (Wildman–Crippen MR) is 85.4 cm³/mol. The highest BCUT2D eigenvalue weighted by Crippen LogP contribution is 2.21. The van der Waals surface area contributed by atoms with E-state index in [1.807, 2.05) is 30.3 Å². The Morgan fingerprint density at radius 2 is 2.10 bits per heavy atom. The summed E-state index contributed by atoms with van der Waals surface area (Å²) in [4.78, 5) is 0. The molecule has 0 bridgehead atoms. The lowest BCUT2D eigenvalue weighted by molar-refractivity contribution is 0.266. The molecule has 3 nitrogen and oxygen atoms in total. The summed E-state index contributed by atoms with van der Waals surface area (Å²) in [6, 6.07) is 10.0. The van der Waals surface area contributed by atoms with Crippen LogP contribution < -0.4 is 10.1 Å². The van der Waals surface area contributed by atoms with Crippen molar-refractivity contribution < 1.29 is 9.15 Å². The summed E-state index contributed by atoms with van der Waals surface area (Å²) in [5.74, 6) is 1.77. The number of allylic oxidation sites excluding steroid dienone is 1. The summed E-state index contributed by atoms with van der Waals surface area (Å²) in [5.41, 5.74) is 2.30. The predicted octanol–water partition coefficient (Wildman–Crippen LogP) is 4.09. The molecular formula is C18H23NO2. The zero-order valence-electron chi connectivity index (χ0n) is 12.6. The second-order valence-electron chi connectivity index (χ2n) is 4.93.